The number of aromatic nitrogens is 3. The van der Waals surface area contributed by atoms with E-state index in [1.807, 2.05) is 36.8 Å². The summed E-state index contributed by atoms with van der Waals surface area (Å²) in [6.45, 7) is 0. The molecule has 3 rings (SSSR count). The summed E-state index contributed by atoms with van der Waals surface area (Å²) < 4.78 is 1.71. The van der Waals surface area contributed by atoms with Gasteiger partial charge in [-0.15, -0.1) is 0 Å². The predicted octanol–water partition coefficient (Wildman–Crippen LogP) is 4.23. The monoisotopic (exact) mass is 442 g/mol. The minimum absolute atomic E-state index is 0.00659. The van der Waals surface area contributed by atoms with E-state index in [2.05, 4.69) is 17.1 Å². The third-order valence-corrected chi connectivity index (χ3v) is 5.97. The lowest BCUT2D eigenvalue weighted by molar-refractivity contribution is -0.126. The summed E-state index contributed by atoms with van der Waals surface area (Å²) in [7, 11) is 0. The first-order valence-corrected chi connectivity index (χ1v) is 12.6. The fourth-order valence-electron chi connectivity index (χ4n) is 3.23. The summed E-state index contributed by atoms with van der Waals surface area (Å²) in [5.41, 5.74) is 2.09. The van der Waals surface area contributed by atoms with Crippen LogP contribution in [0.15, 0.2) is 55.0 Å². The van der Waals surface area contributed by atoms with Gasteiger partial charge < -0.3 is 0 Å². The zero-order valence-corrected chi connectivity index (χ0v) is 18.9. The van der Waals surface area contributed by atoms with Gasteiger partial charge in [0, 0.05) is 36.5 Å². The number of thioether (sulfide) groups is 2. The van der Waals surface area contributed by atoms with Crippen molar-refractivity contribution < 1.29 is 9.59 Å². The maximum Gasteiger partial charge on any atom is 0.234 e. The van der Waals surface area contributed by atoms with Gasteiger partial charge in [-0.05, 0) is 31.1 Å². The molecule has 2 amide bonds. The van der Waals surface area contributed by atoms with Crippen LogP contribution < -0.4 is 4.90 Å². The number of hydrogen-bond donors (Lipinski definition) is 0. The zero-order valence-electron chi connectivity index (χ0n) is 17.2. The Morgan fingerprint density at radius 3 is 2.47 bits per heavy atom. The number of anilines is 1. The lowest BCUT2D eigenvalue weighted by atomic mass is 9.96. The van der Waals surface area contributed by atoms with Crippen molar-refractivity contribution in [1.29, 1.82) is 0 Å². The van der Waals surface area contributed by atoms with E-state index in [4.69, 9.17) is 5.10 Å². The molecule has 1 aliphatic rings. The number of pyridine rings is 1. The molecule has 2 aromatic rings. The van der Waals surface area contributed by atoms with Crippen molar-refractivity contribution in [2.45, 2.75) is 25.2 Å². The number of amides is 2. The average Bonchev–Trinajstić information content (AvgIpc) is 3.22. The Morgan fingerprint density at radius 2 is 1.90 bits per heavy atom. The minimum atomic E-state index is -0.183. The fourth-order valence-corrected chi connectivity index (χ4v) is 3.99. The van der Waals surface area contributed by atoms with Crippen LogP contribution in [0.4, 0.5) is 5.69 Å². The molecule has 8 heteroatoms. The maximum atomic E-state index is 13.1. The van der Waals surface area contributed by atoms with Gasteiger partial charge in [-0.25, -0.2) is 9.58 Å². The number of nitrogens with zero attached hydrogens (tertiary/aromatic N) is 4. The Labute approximate surface area is 185 Å². The summed E-state index contributed by atoms with van der Waals surface area (Å²) in [5, 5.41) is 4.79. The van der Waals surface area contributed by atoms with Crippen LogP contribution in [0.1, 0.15) is 30.9 Å². The Hall–Kier alpha value is -2.32. The van der Waals surface area contributed by atoms with Gasteiger partial charge in [0.2, 0.25) is 11.8 Å². The van der Waals surface area contributed by atoms with Crippen LogP contribution in [0.2, 0.25) is 0 Å². The Bertz CT molecular complexity index is 904. The van der Waals surface area contributed by atoms with Gasteiger partial charge in [-0.3, -0.25) is 14.6 Å². The summed E-state index contributed by atoms with van der Waals surface area (Å²) in [5.74, 6) is 0.981. The maximum absolute atomic E-state index is 13.1. The summed E-state index contributed by atoms with van der Waals surface area (Å²) in [6.07, 6.45) is 18.6. The second-order valence-corrected chi connectivity index (χ2v) is 8.79. The van der Waals surface area contributed by atoms with Crippen LogP contribution in [0.25, 0.3) is 5.69 Å². The summed E-state index contributed by atoms with van der Waals surface area (Å²) in [4.78, 5) is 31.7. The number of rotatable bonds is 9. The van der Waals surface area contributed by atoms with E-state index in [-0.39, 0.29) is 17.7 Å². The molecule has 0 saturated carbocycles. The van der Waals surface area contributed by atoms with Crippen molar-refractivity contribution in [2.75, 3.05) is 28.9 Å². The number of allylic oxidation sites excluding steroid dienone is 4. The van der Waals surface area contributed by atoms with Gasteiger partial charge in [0.15, 0.2) is 0 Å². The quantitative estimate of drug-likeness (QED) is 0.579. The summed E-state index contributed by atoms with van der Waals surface area (Å²) in [6, 6.07) is 3.74. The average molecular weight is 443 g/mol. The lowest BCUT2D eigenvalue weighted by Gasteiger charge is -2.22. The molecule has 0 bridgehead atoms. The molecule has 1 atom stereocenters. The van der Waals surface area contributed by atoms with Gasteiger partial charge in [-0.1, -0.05) is 24.3 Å². The van der Waals surface area contributed by atoms with Crippen LogP contribution in [-0.4, -0.2) is 50.6 Å². The van der Waals surface area contributed by atoms with Crippen molar-refractivity contribution in [3.63, 3.8) is 0 Å². The fraction of sp³-hybridized carbons (Fsp3) is 0.364. The first kappa shape index (κ1) is 22.4. The molecule has 0 fully saturated rings. The highest BCUT2D eigenvalue weighted by molar-refractivity contribution is 7.98. The van der Waals surface area contributed by atoms with Crippen molar-refractivity contribution in [3.8, 4) is 5.69 Å². The molecule has 6 nitrogen and oxygen atoms in total. The van der Waals surface area contributed by atoms with Gasteiger partial charge in [0.25, 0.3) is 0 Å². The molecule has 0 aliphatic heterocycles. The predicted molar refractivity (Wildman–Crippen MR) is 125 cm³/mol. The van der Waals surface area contributed by atoms with Crippen molar-refractivity contribution in [2.24, 2.45) is 0 Å². The van der Waals surface area contributed by atoms with Crippen molar-refractivity contribution in [3.05, 3.63) is 60.7 Å². The van der Waals surface area contributed by atoms with Gasteiger partial charge in [0.1, 0.15) is 0 Å². The van der Waals surface area contributed by atoms with E-state index in [1.54, 1.807) is 46.8 Å². The van der Waals surface area contributed by atoms with E-state index in [0.717, 1.165) is 17.8 Å². The van der Waals surface area contributed by atoms with Gasteiger partial charge >= 0.3 is 0 Å². The molecule has 1 aliphatic carbocycles. The number of hydrogen-bond acceptors (Lipinski definition) is 6. The molecule has 0 radical (unpaired) electrons. The Balaban J connectivity index is 2.06. The highest BCUT2D eigenvalue weighted by Gasteiger charge is 2.30. The molecule has 30 heavy (non-hydrogen) atoms. The molecule has 0 aromatic carbocycles. The Morgan fingerprint density at radius 1 is 1.17 bits per heavy atom. The first-order chi connectivity index (χ1) is 14.7. The molecule has 1 unspecified atom stereocenters. The molecule has 0 N–H and O–H groups in total. The van der Waals surface area contributed by atoms with E-state index in [1.165, 1.54) is 4.90 Å². The number of carbonyl (C=O) groups is 2. The summed E-state index contributed by atoms with van der Waals surface area (Å²) >= 11 is 3.19. The normalized spacial score (nSPS) is 15.3. The van der Waals surface area contributed by atoms with E-state index >= 15 is 0 Å². The van der Waals surface area contributed by atoms with Crippen LogP contribution in [0.5, 0.6) is 0 Å². The van der Waals surface area contributed by atoms with Crippen LogP contribution in [-0.2, 0) is 9.59 Å². The van der Waals surface area contributed by atoms with E-state index in [9.17, 15) is 9.59 Å². The highest BCUT2D eigenvalue weighted by atomic mass is 32.2. The van der Waals surface area contributed by atoms with Crippen LogP contribution in [0.3, 0.4) is 0 Å². The van der Waals surface area contributed by atoms with Gasteiger partial charge in [-0.2, -0.15) is 28.6 Å². The van der Waals surface area contributed by atoms with E-state index < -0.39 is 0 Å². The third kappa shape index (κ3) is 5.43. The molecular weight excluding hydrogens is 416 g/mol. The third-order valence-electron chi connectivity index (χ3n) is 4.74. The van der Waals surface area contributed by atoms with Crippen molar-refractivity contribution >= 4 is 41.0 Å². The molecule has 2 heterocycles. The second-order valence-electron chi connectivity index (χ2n) is 6.82. The zero-order chi connectivity index (χ0) is 21.3. The van der Waals surface area contributed by atoms with Crippen molar-refractivity contribution in [1.82, 2.24) is 14.8 Å². The van der Waals surface area contributed by atoms with Crippen LogP contribution in [0, 0.1) is 0 Å². The van der Waals surface area contributed by atoms with E-state index in [0.29, 0.717) is 30.0 Å². The molecular formula is C22H26N4O2S2. The lowest BCUT2D eigenvalue weighted by Crippen LogP contribution is -2.38. The molecule has 0 spiro atoms. The SMILES string of the molecule is CSCCC(=O)N(C(=O)CCSC)c1cn(-c2cccnc2)nc1C1C=CC=CC1. The molecule has 2 aromatic heterocycles. The first-order valence-electron chi connectivity index (χ1n) is 9.82. The second kappa shape index (κ2) is 11.2. The van der Waals surface area contributed by atoms with Gasteiger partial charge in [0.05, 0.1) is 29.5 Å². The standard InChI is InChI=1S/C22H26N4O2S2/c1-29-13-10-20(27)26(21(28)11-14-30-2)19-16-25(18-9-6-12-23-15-18)24-22(19)17-7-4-3-5-8-17/h3-7,9,12,15-17H,8,10-11,13-14H2,1-2H3. The smallest absolute Gasteiger partial charge is 0.234 e. The largest absolute Gasteiger partial charge is 0.274 e. The molecule has 0 saturated heterocycles. The number of carbonyl (C=O) groups excluding carboxylic acids is 2. The minimum Gasteiger partial charge on any atom is -0.274 e. The van der Waals surface area contributed by atoms with Crippen LogP contribution >= 0.6 is 23.5 Å². The Kier molecular flexibility index (Phi) is 8.33. The highest BCUT2D eigenvalue weighted by Crippen LogP contribution is 2.33. The topological polar surface area (TPSA) is 68.1 Å². The number of imide groups is 1. The molecule has 158 valence electrons.